The van der Waals surface area contributed by atoms with Crippen molar-refractivity contribution in [2.45, 2.75) is 443 Å². The minimum absolute atomic E-state index is 0.00756. The molecule has 0 aromatic carbocycles. The fourth-order valence-electron chi connectivity index (χ4n) is 12.8. The number of carbonyl (C=O) groups is 1. The van der Waals surface area contributed by atoms with E-state index in [1.165, 1.54) is 366 Å². The second-order valence-electron chi connectivity index (χ2n) is 29.8. The van der Waals surface area contributed by atoms with Gasteiger partial charge in [0.05, 0.1) is 39.9 Å². The number of allylic oxidation sites excluding steroid dienone is 7. The number of carbonyl (C=O) groups excluding carboxylic acids is 1. The Kier molecular flexibility index (Phi) is 73.4. The molecule has 0 aliphatic heterocycles. The maximum atomic E-state index is 13.1. The predicted molar refractivity (Wildman–Crippen MR) is 408 cm³/mol. The lowest BCUT2D eigenvalue weighted by Crippen LogP contribution is -2.45. The lowest BCUT2D eigenvalue weighted by Gasteiger charge is -2.29. The number of phosphoric acid groups is 1. The number of aliphatic hydroxyl groups excluding tert-OH is 1. The first-order chi connectivity index (χ1) is 45.5. The number of aliphatic hydroxyl groups is 1. The first-order valence-corrected chi connectivity index (χ1v) is 43.0. The summed E-state index contributed by atoms with van der Waals surface area (Å²) in [6.45, 7) is 4.69. The lowest BCUT2D eigenvalue weighted by molar-refractivity contribution is -0.870. The topological polar surface area (TPSA) is 108 Å². The van der Waals surface area contributed by atoms with Crippen LogP contribution in [0.4, 0.5) is 0 Å². The molecular formula is C84H163N2O6P. The van der Waals surface area contributed by atoms with Crippen LogP contribution in [0.25, 0.3) is 0 Å². The molecule has 2 N–H and O–H groups in total. The summed E-state index contributed by atoms with van der Waals surface area (Å²) in [4.78, 5) is 25.7. The number of quaternary nitrogens is 1. The van der Waals surface area contributed by atoms with Gasteiger partial charge >= 0.3 is 0 Å². The maximum Gasteiger partial charge on any atom is 0.268 e. The fourth-order valence-corrected chi connectivity index (χ4v) is 13.6. The second-order valence-corrected chi connectivity index (χ2v) is 31.2. The zero-order valence-corrected chi connectivity index (χ0v) is 64.1. The average molecular weight is 1330 g/mol. The first kappa shape index (κ1) is 91.5. The van der Waals surface area contributed by atoms with E-state index in [9.17, 15) is 19.4 Å². The highest BCUT2D eigenvalue weighted by atomic mass is 31.2. The lowest BCUT2D eigenvalue weighted by atomic mass is 10.0. The van der Waals surface area contributed by atoms with E-state index in [4.69, 9.17) is 9.05 Å². The summed E-state index contributed by atoms with van der Waals surface area (Å²) >= 11 is 0. The molecule has 9 heteroatoms. The molecule has 0 aromatic rings. The average Bonchev–Trinajstić information content (AvgIpc) is 1.94. The van der Waals surface area contributed by atoms with E-state index in [1.807, 2.05) is 27.2 Å². The van der Waals surface area contributed by atoms with Gasteiger partial charge in [0, 0.05) is 6.42 Å². The molecule has 0 aliphatic carbocycles. The van der Waals surface area contributed by atoms with Crippen molar-refractivity contribution in [2.24, 2.45) is 0 Å². The highest BCUT2D eigenvalue weighted by molar-refractivity contribution is 7.45. The van der Waals surface area contributed by atoms with Gasteiger partial charge in [0.2, 0.25) is 5.91 Å². The third-order valence-electron chi connectivity index (χ3n) is 19.2. The van der Waals surface area contributed by atoms with Crippen molar-refractivity contribution < 1.29 is 32.9 Å². The molecule has 8 nitrogen and oxygen atoms in total. The molecular weight excluding hydrogens is 1160 g/mol. The standard InChI is InChI=1S/C84H163N2O6P/c1-6-8-10-12-14-16-18-20-22-24-26-28-30-32-34-36-38-40-41-42-43-44-45-46-48-50-52-54-56-58-60-62-64-66-68-70-72-74-76-78-84(88)85-82(81-92-93(89,90)91-80-79-86(3,4)5)83(87)77-75-73-71-69-67-65-63-61-59-57-55-53-51-49-47-39-37-35-33-31-29-27-25-23-21-19-17-15-13-11-9-7-2/h24,26,59,61,67,69,75,77,82-83,87H,6-23,25,27-58,60,62-66,68,70-74,76,78-81H2,1-5H3,(H-,85,88,89,90)/b26-24-,61-59+,69-67+,77-75+. The Labute approximate surface area is 581 Å². The second kappa shape index (κ2) is 74.7. The van der Waals surface area contributed by atoms with Crippen LogP contribution in [0.5, 0.6) is 0 Å². The predicted octanol–water partition coefficient (Wildman–Crippen LogP) is 26.7. The van der Waals surface area contributed by atoms with Crippen molar-refractivity contribution >= 4 is 13.7 Å². The third kappa shape index (κ3) is 77.7. The summed E-state index contributed by atoms with van der Waals surface area (Å²) in [5.41, 5.74) is 0. The molecule has 0 saturated carbocycles. The normalized spacial score (nSPS) is 13.7. The van der Waals surface area contributed by atoms with Crippen molar-refractivity contribution in [3.63, 3.8) is 0 Å². The molecule has 0 fully saturated rings. The molecule has 0 bridgehead atoms. The van der Waals surface area contributed by atoms with Crippen LogP contribution in [0.1, 0.15) is 431 Å². The van der Waals surface area contributed by atoms with Crippen molar-refractivity contribution in [1.29, 1.82) is 0 Å². The Bertz CT molecular complexity index is 1660. The number of likely N-dealkylation sites (N-methyl/N-ethyl adjacent to an activating group) is 1. The molecule has 3 unspecified atom stereocenters. The van der Waals surface area contributed by atoms with Crippen molar-refractivity contribution in [3.8, 4) is 0 Å². The van der Waals surface area contributed by atoms with Gasteiger partial charge in [-0.1, -0.05) is 403 Å². The fraction of sp³-hybridized carbons (Fsp3) is 0.893. The summed E-state index contributed by atoms with van der Waals surface area (Å²) in [5.74, 6) is -0.203. The van der Waals surface area contributed by atoms with Crippen LogP contribution in [0.15, 0.2) is 48.6 Å². The quantitative estimate of drug-likeness (QED) is 0.0272. The van der Waals surface area contributed by atoms with E-state index in [1.54, 1.807) is 6.08 Å². The molecule has 0 heterocycles. The minimum Gasteiger partial charge on any atom is -0.756 e. The summed E-state index contributed by atoms with van der Waals surface area (Å²) in [6.07, 6.45) is 103. The van der Waals surface area contributed by atoms with Gasteiger partial charge in [-0.15, -0.1) is 0 Å². The van der Waals surface area contributed by atoms with Gasteiger partial charge in [-0.25, -0.2) is 0 Å². The number of amides is 1. The van der Waals surface area contributed by atoms with Crippen molar-refractivity contribution in [2.75, 3.05) is 40.9 Å². The van der Waals surface area contributed by atoms with Gasteiger partial charge in [-0.3, -0.25) is 9.36 Å². The van der Waals surface area contributed by atoms with Gasteiger partial charge < -0.3 is 28.8 Å². The maximum absolute atomic E-state index is 13.1. The molecule has 93 heavy (non-hydrogen) atoms. The number of unbranched alkanes of at least 4 members (excludes halogenated alkanes) is 59. The number of nitrogens with one attached hydrogen (secondary N) is 1. The Morgan fingerprint density at radius 2 is 0.602 bits per heavy atom. The number of nitrogens with zero attached hydrogens (tertiary/aromatic N) is 1. The highest BCUT2D eigenvalue weighted by Gasteiger charge is 2.23. The molecule has 0 aliphatic rings. The summed E-state index contributed by atoms with van der Waals surface area (Å²) in [5, 5.41) is 14.0. The van der Waals surface area contributed by atoms with E-state index in [0.29, 0.717) is 17.4 Å². The molecule has 0 saturated heterocycles. The Balaban J connectivity index is 3.96. The Morgan fingerprint density at radius 1 is 0.366 bits per heavy atom. The monoisotopic (exact) mass is 1330 g/mol. The molecule has 1 amide bonds. The molecule has 0 radical (unpaired) electrons. The Morgan fingerprint density at radius 3 is 0.871 bits per heavy atom. The Hall–Kier alpha value is -1.54. The highest BCUT2D eigenvalue weighted by Crippen LogP contribution is 2.38. The van der Waals surface area contributed by atoms with Crippen LogP contribution < -0.4 is 10.2 Å². The van der Waals surface area contributed by atoms with Crippen LogP contribution in [0.3, 0.4) is 0 Å². The number of phosphoric ester groups is 1. The van der Waals surface area contributed by atoms with Crippen molar-refractivity contribution in [3.05, 3.63) is 48.6 Å². The van der Waals surface area contributed by atoms with Gasteiger partial charge in [-0.2, -0.15) is 0 Å². The van der Waals surface area contributed by atoms with Gasteiger partial charge in [0.15, 0.2) is 0 Å². The van der Waals surface area contributed by atoms with E-state index in [0.717, 1.165) is 44.9 Å². The van der Waals surface area contributed by atoms with Crippen LogP contribution in [0, 0.1) is 0 Å². The third-order valence-corrected chi connectivity index (χ3v) is 20.2. The van der Waals surface area contributed by atoms with Crippen LogP contribution in [0.2, 0.25) is 0 Å². The van der Waals surface area contributed by atoms with Gasteiger partial charge in [0.25, 0.3) is 7.82 Å². The van der Waals surface area contributed by atoms with E-state index >= 15 is 0 Å². The van der Waals surface area contributed by atoms with Crippen molar-refractivity contribution in [1.82, 2.24) is 5.32 Å². The van der Waals surface area contributed by atoms with Crippen LogP contribution >= 0.6 is 7.82 Å². The summed E-state index contributed by atoms with van der Waals surface area (Å²) in [7, 11) is 1.25. The van der Waals surface area contributed by atoms with E-state index < -0.39 is 26.6 Å². The number of hydrogen-bond donors (Lipinski definition) is 2. The minimum atomic E-state index is -4.62. The van der Waals surface area contributed by atoms with Gasteiger partial charge in [-0.05, 0) is 70.6 Å². The smallest absolute Gasteiger partial charge is 0.268 e. The first-order valence-electron chi connectivity index (χ1n) is 41.5. The number of rotatable bonds is 78. The zero-order chi connectivity index (χ0) is 67.6. The molecule has 0 rings (SSSR count). The largest absolute Gasteiger partial charge is 0.756 e. The summed E-state index contributed by atoms with van der Waals surface area (Å²) < 4.78 is 23.5. The molecule has 550 valence electrons. The van der Waals surface area contributed by atoms with Crippen LogP contribution in [-0.4, -0.2) is 68.5 Å². The van der Waals surface area contributed by atoms with E-state index in [2.05, 4.69) is 55.6 Å². The van der Waals surface area contributed by atoms with Gasteiger partial charge in [0.1, 0.15) is 13.2 Å². The number of hydrogen-bond acceptors (Lipinski definition) is 6. The molecule has 0 spiro atoms. The SMILES string of the molecule is CCCCCCCCCC/C=C\CCCCCCCCCCCCCCCCCCCCCCCCCCCCCC(=O)NC(COP(=O)([O-])OCC[N+](C)(C)C)C(O)/C=C/CC/C=C/CC/C=C/CCCCCCCCCCCCCCCCCCCCCCCC. The molecule has 3 atom stereocenters. The zero-order valence-electron chi connectivity index (χ0n) is 63.2. The van der Waals surface area contributed by atoms with Crippen LogP contribution in [-0.2, 0) is 18.4 Å². The van der Waals surface area contributed by atoms with E-state index in [-0.39, 0.29) is 12.5 Å². The summed E-state index contributed by atoms with van der Waals surface area (Å²) in [6, 6.07) is -0.912. The molecule has 0 aromatic heterocycles.